The molecule has 0 aromatic heterocycles. The SMILES string of the molecule is CCN(CC)C(=O)c1cc(NC(=O)c2ccc(Cl)cc2)ccc1N1CCCN(C(=O)c2ccccc2F)CC1. The van der Waals surface area contributed by atoms with Gasteiger partial charge in [0.2, 0.25) is 0 Å². The van der Waals surface area contributed by atoms with E-state index >= 15 is 0 Å². The minimum atomic E-state index is -0.535. The molecule has 0 unspecified atom stereocenters. The fraction of sp³-hybridized carbons (Fsp3) is 0.300. The van der Waals surface area contributed by atoms with Crippen LogP contribution in [0, 0.1) is 5.82 Å². The molecule has 3 amide bonds. The zero-order valence-corrected chi connectivity index (χ0v) is 22.9. The number of carbonyl (C=O) groups excluding carboxylic acids is 3. The largest absolute Gasteiger partial charge is 0.369 e. The normalized spacial score (nSPS) is 13.5. The number of rotatable bonds is 7. The van der Waals surface area contributed by atoms with Gasteiger partial charge in [0.25, 0.3) is 17.7 Å². The molecule has 1 N–H and O–H groups in total. The van der Waals surface area contributed by atoms with Gasteiger partial charge in [-0.15, -0.1) is 0 Å². The molecule has 0 aliphatic carbocycles. The highest BCUT2D eigenvalue weighted by Gasteiger charge is 2.26. The Morgan fingerprint density at radius 3 is 2.31 bits per heavy atom. The van der Waals surface area contributed by atoms with E-state index in [1.165, 1.54) is 12.1 Å². The molecule has 0 saturated carbocycles. The topological polar surface area (TPSA) is 73.0 Å². The summed E-state index contributed by atoms with van der Waals surface area (Å²) >= 11 is 5.94. The zero-order valence-electron chi connectivity index (χ0n) is 22.1. The number of hydrogen-bond acceptors (Lipinski definition) is 4. The minimum Gasteiger partial charge on any atom is -0.369 e. The summed E-state index contributed by atoms with van der Waals surface area (Å²) in [6.07, 6.45) is 0.661. The first-order chi connectivity index (χ1) is 18.8. The highest BCUT2D eigenvalue weighted by molar-refractivity contribution is 6.30. The molecule has 3 aromatic rings. The number of amides is 3. The molecule has 4 rings (SSSR count). The Labute approximate surface area is 233 Å². The molecule has 7 nitrogen and oxygen atoms in total. The lowest BCUT2D eigenvalue weighted by Crippen LogP contribution is -2.36. The molecule has 39 heavy (non-hydrogen) atoms. The standard InChI is InChI=1S/C30H32ClFN4O3/c1-3-34(4-2)30(39)25-20-23(33-28(37)21-10-12-22(31)13-11-21)14-15-27(25)35-16-7-17-36(19-18-35)29(38)24-8-5-6-9-26(24)32/h5-6,8-15,20H,3-4,7,16-19H2,1-2H3,(H,33,37). The summed E-state index contributed by atoms with van der Waals surface area (Å²) in [4.78, 5) is 44.8. The van der Waals surface area contributed by atoms with Crippen LogP contribution in [0.25, 0.3) is 0 Å². The molecule has 1 saturated heterocycles. The lowest BCUT2D eigenvalue weighted by molar-refractivity contribution is 0.0757. The van der Waals surface area contributed by atoms with Crippen molar-refractivity contribution in [3.05, 3.63) is 94.3 Å². The maximum atomic E-state index is 14.2. The Hall–Kier alpha value is -3.91. The Kier molecular flexibility index (Phi) is 9.19. The molecule has 0 atom stereocenters. The third-order valence-corrected chi connectivity index (χ3v) is 7.12. The van der Waals surface area contributed by atoms with Crippen molar-refractivity contribution in [1.29, 1.82) is 0 Å². The van der Waals surface area contributed by atoms with Gasteiger partial charge in [0, 0.05) is 61.2 Å². The van der Waals surface area contributed by atoms with Crippen LogP contribution < -0.4 is 10.2 Å². The fourth-order valence-corrected chi connectivity index (χ4v) is 4.84. The van der Waals surface area contributed by atoms with E-state index in [0.717, 1.165) is 5.69 Å². The minimum absolute atomic E-state index is 0.0594. The molecule has 1 aliphatic rings. The second-order valence-electron chi connectivity index (χ2n) is 9.28. The monoisotopic (exact) mass is 550 g/mol. The predicted molar refractivity (Wildman–Crippen MR) is 152 cm³/mol. The first kappa shape index (κ1) is 28.1. The van der Waals surface area contributed by atoms with Crippen molar-refractivity contribution in [1.82, 2.24) is 9.80 Å². The number of anilines is 2. The van der Waals surface area contributed by atoms with Gasteiger partial charge < -0.3 is 20.0 Å². The molecular formula is C30H32ClFN4O3. The molecule has 0 radical (unpaired) electrons. The van der Waals surface area contributed by atoms with Gasteiger partial charge in [0.1, 0.15) is 5.82 Å². The van der Waals surface area contributed by atoms with Crippen LogP contribution >= 0.6 is 11.6 Å². The van der Waals surface area contributed by atoms with Crippen LogP contribution in [0.1, 0.15) is 51.3 Å². The lowest BCUT2D eigenvalue weighted by Gasteiger charge is -2.28. The lowest BCUT2D eigenvalue weighted by atomic mass is 10.1. The van der Waals surface area contributed by atoms with E-state index in [-0.39, 0.29) is 23.3 Å². The average Bonchev–Trinajstić information content (AvgIpc) is 3.20. The molecule has 1 aliphatic heterocycles. The van der Waals surface area contributed by atoms with E-state index in [9.17, 15) is 18.8 Å². The van der Waals surface area contributed by atoms with Gasteiger partial charge in [-0.2, -0.15) is 0 Å². The number of halogens is 2. The maximum absolute atomic E-state index is 14.2. The third kappa shape index (κ3) is 6.57. The number of carbonyl (C=O) groups is 3. The first-order valence-corrected chi connectivity index (χ1v) is 13.5. The van der Waals surface area contributed by atoms with Gasteiger partial charge >= 0.3 is 0 Å². The number of nitrogens with one attached hydrogen (secondary N) is 1. The highest BCUT2D eigenvalue weighted by Crippen LogP contribution is 2.28. The molecule has 0 bridgehead atoms. The summed E-state index contributed by atoms with van der Waals surface area (Å²) in [6, 6.07) is 17.9. The van der Waals surface area contributed by atoms with E-state index in [0.29, 0.717) is 67.5 Å². The summed E-state index contributed by atoms with van der Waals surface area (Å²) in [5.74, 6) is -1.32. The number of nitrogens with zero attached hydrogens (tertiary/aromatic N) is 3. The van der Waals surface area contributed by atoms with E-state index in [1.54, 1.807) is 58.3 Å². The Balaban J connectivity index is 1.58. The quantitative estimate of drug-likeness (QED) is 0.418. The van der Waals surface area contributed by atoms with Crippen molar-refractivity contribution < 1.29 is 18.8 Å². The van der Waals surface area contributed by atoms with Crippen molar-refractivity contribution >= 4 is 40.7 Å². The van der Waals surface area contributed by atoms with Gasteiger partial charge in [0.05, 0.1) is 11.1 Å². The third-order valence-electron chi connectivity index (χ3n) is 6.87. The van der Waals surface area contributed by atoms with Crippen molar-refractivity contribution in [2.24, 2.45) is 0 Å². The highest BCUT2D eigenvalue weighted by atomic mass is 35.5. The van der Waals surface area contributed by atoms with Crippen LogP contribution in [0.3, 0.4) is 0 Å². The number of benzene rings is 3. The van der Waals surface area contributed by atoms with Crippen LogP contribution in [0.5, 0.6) is 0 Å². The van der Waals surface area contributed by atoms with E-state index in [4.69, 9.17) is 11.6 Å². The van der Waals surface area contributed by atoms with E-state index in [2.05, 4.69) is 10.2 Å². The van der Waals surface area contributed by atoms with Gasteiger partial charge in [-0.3, -0.25) is 14.4 Å². The molecule has 1 heterocycles. The molecule has 0 spiro atoms. The first-order valence-electron chi connectivity index (χ1n) is 13.1. The fourth-order valence-electron chi connectivity index (χ4n) is 4.71. The molecule has 204 valence electrons. The Bertz CT molecular complexity index is 1340. The second-order valence-corrected chi connectivity index (χ2v) is 9.72. The summed E-state index contributed by atoms with van der Waals surface area (Å²) in [6.45, 7) is 6.91. The van der Waals surface area contributed by atoms with Crippen LogP contribution in [0.4, 0.5) is 15.8 Å². The zero-order chi connectivity index (χ0) is 27.9. The second kappa shape index (κ2) is 12.8. The van der Waals surface area contributed by atoms with Gasteiger partial charge in [-0.25, -0.2) is 4.39 Å². The van der Waals surface area contributed by atoms with Crippen LogP contribution in [0.2, 0.25) is 5.02 Å². The Morgan fingerprint density at radius 2 is 1.62 bits per heavy atom. The molecule has 1 fully saturated rings. The van der Waals surface area contributed by atoms with Crippen LogP contribution in [-0.2, 0) is 0 Å². The molecule has 9 heteroatoms. The van der Waals surface area contributed by atoms with Crippen molar-refractivity contribution in [3.63, 3.8) is 0 Å². The van der Waals surface area contributed by atoms with Crippen LogP contribution in [-0.4, -0.2) is 66.8 Å². The van der Waals surface area contributed by atoms with Gasteiger partial charge in [0.15, 0.2) is 0 Å². The van der Waals surface area contributed by atoms with Gasteiger partial charge in [-0.05, 0) is 74.9 Å². The summed E-state index contributed by atoms with van der Waals surface area (Å²) in [7, 11) is 0. The smallest absolute Gasteiger partial charge is 0.256 e. The number of hydrogen-bond donors (Lipinski definition) is 1. The predicted octanol–water partition coefficient (Wildman–Crippen LogP) is 5.57. The molecule has 3 aromatic carbocycles. The summed E-state index contributed by atoms with van der Waals surface area (Å²) in [5.41, 5.74) is 2.22. The van der Waals surface area contributed by atoms with Crippen molar-refractivity contribution in [2.75, 3.05) is 49.5 Å². The summed E-state index contributed by atoms with van der Waals surface area (Å²) in [5, 5.41) is 3.41. The van der Waals surface area contributed by atoms with Crippen molar-refractivity contribution in [3.8, 4) is 0 Å². The summed E-state index contributed by atoms with van der Waals surface area (Å²) < 4.78 is 14.2. The van der Waals surface area contributed by atoms with E-state index < -0.39 is 5.82 Å². The maximum Gasteiger partial charge on any atom is 0.256 e. The molecular weight excluding hydrogens is 519 g/mol. The van der Waals surface area contributed by atoms with Crippen molar-refractivity contribution in [2.45, 2.75) is 20.3 Å². The van der Waals surface area contributed by atoms with Gasteiger partial charge in [-0.1, -0.05) is 23.7 Å². The van der Waals surface area contributed by atoms with E-state index in [1.807, 2.05) is 19.9 Å². The van der Waals surface area contributed by atoms with Crippen LogP contribution in [0.15, 0.2) is 66.7 Å². The average molecular weight is 551 g/mol. The Morgan fingerprint density at radius 1 is 0.897 bits per heavy atom.